The smallest absolute Gasteiger partial charge is 0.264 e. The third-order valence-electron chi connectivity index (χ3n) is 6.91. The molecule has 2 aromatic carbocycles. The van der Waals surface area contributed by atoms with E-state index in [0.29, 0.717) is 17.5 Å². The van der Waals surface area contributed by atoms with Gasteiger partial charge < -0.3 is 14.4 Å². The van der Waals surface area contributed by atoms with Crippen molar-refractivity contribution >= 4 is 34.1 Å². The standard InChI is InChI=1S/C27H30ClN3O3/c1-18-6-7-22-23(29-18)15-21(28)16-25(22)33-13-12-31-10-8-19(9-11-31)14-20-4-3-5-24-27(20)34-17-26(32)30(24)2/h3-7,15-16,19H,8-14,17H2,1-2H3. The lowest BCUT2D eigenvalue weighted by Gasteiger charge is -2.33. The van der Waals surface area contributed by atoms with Crippen LogP contribution in [-0.2, 0) is 11.2 Å². The van der Waals surface area contributed by atoms with Gasteiger partial charge in [-0.2, -0.15) is 0 Å². The van der Waals surface area contributed by atoms with E-state index in [1.807, 2.05) is 44.3 Å². The van der Waals surface area contributed by atoms with Gasteiger partial charge in [0, 0.05) is 29.7 Å². The van der Waals surface area contributed by atoms with Gasteiger partial charge in [-0.25, -0.2) is 0 Å². The number of piperidine rings is 1. The molecule has 1 aromatic heterocycles. The lowest BCUT2D eigenvalue weighted by atomic mass is 9.89. The Labute approximate surface area is 205 Å². The molecule has 3 aromatic rings. The van der Waals surface area contributed by atoms with Crippen molar-refractivity contribution in [2.75, 3.05) is 44.8 Å². The number of para-hydroxylation sites is 1. The zero-order valence-corrected chi connectivity index (χ0v) is 20.5. The Balaban J connectivity index is 1.14. The number of fused-ring (bicyclic) bond motifs is 2. The Morgan fingerprint density at radius 3 is 2.82 bits per heavy atom. The van der Waals surface area contributed by atoms with Gasteiger partial charge in [0.2, 0.25) is 0 Å². The molecule has 178 valence electrons. The summed E-state index contributed by atoms with van der Waals surface area (Å²) < 4.78 is 11.9. The SMILES string of the molecule is Cc1ccc2c(OCCN3CCC(Cc4cccc5c4OCC(=O)N5C)CC3)cc(Cl)cc2n1. The van der Waals surface area contributed by atoms with Crippen LogP contribution in [0, 0.1) is 12.8 Å². The fourth-order valence-corrected chi connectivity index (χ4v) is 5.13. The number of likely N-dealkylation sites (N-methyl/N-ethyl adjacent to an activating group) is 1. The third kappa shape index (κ3) is 4.84. The quantitative estimate of drug-likeness (QED) is 0.504. The van der Waals surface area contributed by atoms with Gasteiger partial charge in [0.1, 0.15) is 18.1 Å². The highest BCUT2D eigenvalue weighted by atomic mass is 35.5. The average Bonchev–Trinajstić information content (AvgIpc) is 2.82. The number of rotatable bonds is 6. The summed E-state index contributed by atoms with van der Waals surface area (Å²) in [6.45, 7) is 5.71. The molecule has 0 saturated carbocycles. The first-order valence-electron chi connectivity index (χ1n) is 11.9. The molecule has 1 amide bonds. The molecule has 2 aliphatic rings. The van der Waals surface area contributed by atoms with Gasteiger partial charge in [-0.05, 0) is 81.1 Å². The van der Waals surface area contributed by atoms with E-state index >= 15 is 0 Å². The predicted octanol–water partition coefficient (Wildman–Crippen LogP) is 4.89. The first-order valence-corrected chi connectivity index (χ1v) is 12.3. The largest absolute Gasteiger partial charge is 0.491 e. The summed E-state index contributed by atoms with van der Waals surface area (Å²) in [5, 5.41) is 1.64. The number of carbonyl (C=O) groups excluding carboxylic acids is 1. The van der Waals surface area contributed by atoms with E-state index in [9.17, 15) is 4.79 Å². The molecule has 34 heavy (non-hydrogen) atoms. The molecule has 5 rings (SSSR count). The van der Waals surface area contributed by atoms with Gasteiger partial charge in [0.25, 0.3) is 5.91 Å². The molecule has 1 fully saturated rings. The van der Waals surface area contributed by atoms with Gasteiger partial charge in [-0.1, -0.05) is 23.7 Å². The van der Waals surface area contributed by atoms with Crippen molar-refractivity contribution in [2.24, 2.45) is 5.92 Å². The second-order valence-corrected chi connectivity index (χ2v) is 9.70. The van der Waals surface area contributed by atoms with Crippen LogP contribution < -0.4 is 14.4 Å². The van der Waals surface area contributed by atoms with Gasteiger partial charge in [-0.3, -0.25) is 14.7 Å². The van der Waals surface area contributed by atoms with E-state index in [1.54, 1.807) is 4.90 Å². The molecule has 2 aliphatic heterocycles. The van der Waals surface area contributed by atoms with Crippen LogP contribution in [0.25, 0.3) is 10.9 Å². The highest BCUT2D eigenvalue weighted by Gasteiger charge is 2.26. The van der Waals surface area contributed by atoms with E-state index in [4.69, 9.17) is 21.1 Å². The van der Waals surface area contributed by atoms with E-state index in [0.717, 1.165) is 72.7 Å². The van der Waals surface area contributed by atoms with Crippen molar-refractivity contribution in [1.82, 2.24) is 9.88 Å². The number of likely N-dealkylation sites (tertiary alicyclic amines) is 1. The molecular formula is C27H30ClN3O3. The molecule has 0 aliphatic carbocycles. The second-order valence-electron chi connectivity index (χ2n) is 9.27. The number of anilines is 1. The van der Waals surface area contributed by atoms with Crippen LogP contribution in [-0.4, -0.2) is 55.7 Å². The number of hydrogen-bond acceptors (Lipinski definition) is 5. The van der Waals surface area contributed by atoms with Crippen molar-refractivity contribution in [3.05, 3.63) is 58.7 Å². The molecular weight excluding hydrogens is 450 g/mol. The number of hydrogen-bond donors (Lipinski definition) is 0. The highest BCUT2D eigenvalue weighted by molar-refractivity contribution is 6.31. The van der Waals surface area contributed by atoms with Gasteiger partial charge in [-0.15, -0.1) is 0 Å². The van der Waals surface area contributed by atoms with Gasteiger partial charge in [0.15, 0.2) is 6.61 Å². The van der Waals surface area contributed by atoms with Crippen molar-refractivity contribution in [3.63, 3.8) is 0 Å². The minimum atomic E-state index is -0.00248. The van der Waals surface area contributed by atoms with Crippen LogP contribution in [0.5, 0.6) is 11.5 Å². The Kier molecular flexibility index (Phi) is 6.61. The van der Waals surface area contributed by atoms with Crippen molar-refractivity contribution in [3.8, 4) is 11.5 Å². The van der Waals surface area contributed by atoms with Crippen LogP contribution in [0.2, 0.25) is 5.02 Å². The van der Waals surface area contributed by atoms with E-state index in [1.165, 1.54) is 5.56 Å². The summed E-state index contributed by atoms with van der Waals surface area (Å²) in [6, 6.07) is 13.9. The number of aromatic nitrogens is 1. The van der Waals surface area contributed by atoms with Gasteiger partial charge >= 0.3 is 0 Å². The van der Waals surface area contributed by atoms with Gasteiger partial charge in [0.05, 0.1) is 11.2 Å². The van der Waals surface area contributed by atoms with E-state index in [-0.39, 0.29) is 12.5 Å². The highest BCUT2D eigenvalue weighted by Crippen LogP contribution is 2.37. The van der Waals surface area contributed by atoms with E-state index < -0.39 is 0 Å². The summed E-state index contributed by atoms with van der Waals surface area (Å²) in [6.07, 6.45) is 3.26. The maximum Gasteiger partial charge on any atom is 0.264 e. The number of halogens is 1. The average molecular weight is 480 g/mol. The third-order valence-corrected chi connectivity index (χ3v) is 7.12. The number of amides is 1. The minimum Gasteiger partial charge on any atom is -0.491 e. The van der Waals surface area contributed by atoms with Crippen LogP contribution in [0.4, 0.5) is 5.69 Å². The molecule has 0 atom stereocenters. The molecule has 7 heteroatoms. The zero-order valence-electron chi connectivity index (χ0n) is 19.7. The Morgan fingerprint density at radius 1 is 1.18 bits per heavy atom. The van der Waals surface area contributed by atoms with E-state index in [2.05, 4.69) is 22.0 Å². The van der Waals surface area contributed by atoms with Crippen molar-refractivity contribution in [1.29, 1.82) is 0 Å². The number of ether oxygens (including phenoxy) is 2. The van der Waals surface area contributed by atoms with Crippen LogP contribution >= 0.6 is 11.6 Å². The van der Waals surface area contributed by atoms with Crippen LogP contribution in [0.1, 0.15) is 24.1 Å². The van der Waals surface area contributed by atoms with Crippen molar-refractivity contribution < 1.29 is 14.3 Å². The predicted molar refractivity (Wildman–Crippen MR) is 135 cm³/mol. The number of pyridine rings is 1. The zero-order chi connectivity index (χ0) is 23.7. The summed E-state index contributed by atoms with van der Waals surface area (Å²) in [4.78, 5) is 20.7. The number of aryl methyl sites for hydroxylation is 1. The fraction of sp³-hybridized carbons (Fsp3) is 0.407. The Hall–Kier alpha value is -2.83. The molecule has 3 heterocycles. The molecule has 0 bridgehead atoms. The van der Waals surface area contributed by atoms with Crippen LogP contribution in [0.15, 0.2) is 42.5 Å². The first-order chi connectivity index (χ1) is 16.5. The summed E-state index contributed by atoms with van der Waals surface area (Å²) in [7, 11) is 1.82. The van der Waals surface area contributed by atoms with Crippen molar-refractivity contribution in [2.45, 2.75) is 26.2 Å². The number of nitrogens with zero attached hydrogens (tertiary/aromatic N) is 3. The maximum absolute atomic E-state index is 11.9. The molecule has 0 radical (unpaired) electrons. The lowest BCUT2D eigenvalue weighted by molar-refractivity contribution is -0.121. The monoisotopic (exact) mass is 479 g/mol. The van der Waals surface area contributed by atoms with Crippen LogP contribution in [0.3, 0.4) is 0 Å². The molecule has 0 N–H and O–H groups in total. The number of benzene rings is 2. The topological polar surface area (TPSA) is 54.9 Å². The summed E-state index contributed by atoms with van der Waals surface area (Å²) >= 11 is 6.29. The molecule has 0 unspecified atom stereocenters. The normalized spacial score (nSPS) is 17.0. The molecule has 0 spiro atoms. The molecule has 6 nitrogen and oxygen atoms in total. The lowest BCUT2D eigenvalue weighted by Crippen LogP contribution is -2.37. The summed E-state index contributed by atoms with van der Waals surface area (Å²) in [5.41, 5.74) is 3.91. The second kappa shape index (κ2) is 9.80. The first kappa shape index (κ1) is 22.9. The minimum absolute atomic E-state index is 0.00248. The molecule has 1 saturated heterocycles. The maximum atomic E-state index is 11.9. The number of carbonyl (C=O) groups is 1. The summed E-state index contributed by atoms with van der Waals surface area (Å²) in [5.74, 6) is 2.28. The Bertz CT molecular complexity index is 1200. The Morgan fingerprint density at radius 2 is 2.00 bits per heavy atom. The fourth-order valence-electron chi connectivity index (χ4n) is 4.93.